The van der Waals surface area contributed by atoms with E-state index in [1.165, 1.54) is 44.2 Å². The van der Waals surface area contributed by atoms with Gasteiger partial charge in [-0.15, -0.1) is 0 Å². The first kappa shape index (κ1) is 31.5. The van der Waals surface area contributed by atoms with E-state index in [-0.39, 0.29) is 33.8 Å². The zero-order valence-corrected chi connectivity index (χ0v) is 23.6. The Hall–Kier alpha value is -3.96. The standard InChI is InChI=1S/C29H32O15/c1-10-19(33)22(36)23(37)28(39-10)42-15-8-16(32)18-17(9-15)43-25(13-4-6-14(31)7-5-13)27(21(18)35)44-29-24(38)26(41-12(3)30)20(34)11(2)40-29/h4-11,19-20,22-24,26,28-29,31-34,36-38H,1-3H3/t10-,11-,19-,20-,22+,23+,24+,26+,28-,29-/m0/s1. The van der Waals surface area contributed by atoms with Crippen LogP contribution >= 0.6 is 0 Å². The molecular weight excluding hydrogens is 588 g/mol. The Bertz CT molecular complexity index is 1570. The number of aliphatic hydroxyl groups excluding tert-OH is 5. The number of esters is 1. The van der Waals surface area contributed by atoms with Crippen LogP contribution < -0.4 is 14.9 Å². The summed E-state index contributed by atoms with van der Waals surface area (Å²) in [6, 6.07) is 7.66. The fourth-order valence-electron chi connectivity index (χ4n) is 5.02. The van der Waals surface area contributed by atoms with E-state index in [4.69, 9.17) is 28.1 Å². The van der Waals surface area contributed by atoms with E-state index >= 15 is 0 Å². The molecule has 0 radical (unpaired) electrons. The Morgan fingerprint density at radius 1 is 0.795 bits per heavy atom. The van der Waals surface area contributed by atoms with Crippen molar-refractivity contribution in [1.82, 2.24) is 0 Å². The molecule has 44 heavy (non-hydrogen) atoms. The van der Waals surface area contributed by atoms with Crippen LogP contribution in [0.15, 0.2) is 45.6 Å². The lowest BCUT2D eigenvalue weighted by Crippen LogP contribution is -2.59. The van der Waals surface area contributed by atoms with E-state index in [1.54, 1.807) is 0 Å². The highest BCUT2D eigenvalue weighted by Gasteiger charge is 2.47. The van der Waals surface area contributed by atoms with Crippen LogP contribution in [0.3, 0.4) is 0 Å². The lowest BCUT2D eigenvalue weighted by molar-refractivity contribution is -0.272. The number of phenolic OH excluding ortho intramolecular Hbond substituents is 2. The number of rotatable bonds is 6. The van der Waals surface area contributed by atoms with Gasteiger partial charge >= 0.3 is 5.97 Å². The van der Waals surface area contributed by atoms with Crippen LogP contribution in [-0.4, -0.2) is 103 Å². The van der Waals surface area contributed by atoms with Gasteiger partial charge in [0.25, 0.3) is 0 Å². The molecule has 0 spiro atoms. The molecule has 0 saturated carbocycles. The Morgan fingerprint density at radius 3 is 2.05 bits per heavy atom. The van der Waals surface area contributed by atoms with Gasteiger partial charge in [-0.3, -0.25) is 9.59 Å². The van der Waals surface area contributed by atoms with Crippen LogP contribution in [-0.2, 0) is 19.0 Å². The molecule has 0 aliphatic carbocycles. The van der Waals surface area contributed by atoms with Gasteiger partial charge in [0.2, 0.25) is 23.8 Å². The summed E-state index contributed by atoms with van der Waals surface area (Å²) in [6.45, 7) is 3.99. The first-order valence-electron chi connectivity index (χ1n) is 13.6. The van der Waals surface area contributed by atoms with Gasteiger partial charge in [0.1, 0.15) is 52.6 Å². The minimum absolute atomic E-state index is 0.0988. The molecule has 5 rings (SSSR count). The third-order valence-electron chi connectivity index (χ3n) is 7.41. The van der Waals surface area contributed by atoms with Gasteiger partial charge < -0.3 is 63.8 Å². The molecule has 0 bridgehead atoms. The number of carbonyl (C=O) groups excluding carboxylic acids is 1. The normalized spacial score (nSPS) is 32.3. The molecule has 238 valence electrons. The molecule has 1 aromatic heterocycles. The quantitative estimate of drug-likeness (QED) is 0.178. The Labute approximate surface area is 249 Å². The summed E-state index contributed by atoms with van der Waals surface area (Å²) in [4.78, 5) is 25.4. The molecule has 7 N–H and O–H groups in total. The van der Waals surface area contributed by atoms with E-state index in [2.05, 4.69) is 0 Å². The van der Waals surface area contributed by atoms with Crippen molar-refractivity contribution in [3.63, 3.8) is 0 Å². The van der Waals surface area contributed by atoms with Crippen LogP contribution in [0.4, 0.5) is 0 Å². The Morgan fingerprint density at radius 2 is 1.41 bits per heavy atom. The Kier molecular flexibility index (Phi) is 8.73. The lowest BCUT2D eigenvalue weighted by Gasteiger charge is -2.40. The molecule has 2 aromatic carbocycles. The average molecular weight is 621 g/mol. The van der Waals surface area contributed by atoms with E-state index in [0.29, 0.717) is 0 Å². The largest absolute Gasteiger partial charge is 0.508 e. The van der Waals surface area contributed by atoms with Gasteiger partial charge in [-0.1, -0.05) is 0 Å². The summed E-state index contributed by atoms with van der Waals surface area (Å²) in [5.41, 5.74) is -0.918. The SMILES string of the molecule is CC(=O)O[C@@H]1[C@@H](O)[C@H](C)O[C@@H](Oc2c(-c3ccc(O)cc3)oc3cc(O[C@@H]4O[C@@H](C)[C@H](O)[C@@H](O)[C@H]4O)cc(O)c3c2=O)[C@@H]1O. The molecule has 0 unspecified atom stereocenters. The van der Waals surface area contributed by atoms with E-state index < -0.39 is 84.3 Å². The number of benzene rings is 2. The third kappa shape index (κ3) is 5.90. The summed E-state index contributed by atoms with van der Waals surface area (Å²) in [5.74, 6) is -2.42. The summed E-state index contributed by atoms with van der Waals surface area (Å²) in [7, 11) is 0. The molecule has 15 heteroatoms. The van der Waals surface area contributed by atoms with Crippen molar-refractivity contribution < 1.29 is 68.6 Å². The highest BCUT2D eigenvalue weighted by Crippen LogP contribution is 2.38. The summed E-state index contributed by atoms with van der Waals surface area (Å²) in [6.07, 6.45) is -14.3. The van der Waals surface area contributed by atoms with Crippen molar-refractivity contribution in [1.29, 1.82) is 0 Å². The summed E-state index contributed by atoms with van der Waals surface area (Å²) < 4.78 is 33.5. The van der Waals surface area contributed by atoms with Gasteiger partial charge in [-0.05, 0) is 38.1 Å². The van der Waals surface area contributed by atoms with Crippen molar-refractivity contribution in [2.24, 2.45) is 0 Å². The number of hydrogen-bond acceptors (Lipinski definition) is 15. The van der Waals surface area contributed by atoms with Crippen LogP contribution in [0.5, 0.6) is 23.0 Å². The monoisotopic (exact) mass is 620 g/mol. The maximum atomic E-state index is 13.8. The average Bonchev–Trinajstić information content (AvgIpc) is 2.97. The fraction of sp³-hybridized carbons (Fsp3) is 0.448. The fourth-order valence-corrected chi connectivity index (χ4v) is 5.02. The molecule has 2 aliphatic rings. The van der Waals surface area contributed by atoms with Crippen molar-refractivity contribution >= 4 is 16.9 Å². The minimum atomic E-state index is -1.75. The smallest absolute Gasteiger partial charge is 0.303 e. The number of aliphatic hydroxyl groups is 5. The van der Waals surface area contributed by atoms with E-state index in [9.17, 15) is 45.3 Å². The van der Waals surface area contributed by atoms with Crippen LogP contribution in [0.2, 0.25) is 0 Å². The lowest BCUT2D eigenvalue weighted by atomic mass is 9.99. The van der Waals surface area contributed by atoms with Crippen molar-refractivity contribution in [2.45, 2.75) is 82.2 Å². The van der Waals surface area contributed by atoms with Crippen molar-refractivity contribution in [2.75, 3.05) is 0 Å². The first-order valence-corrected chi connectivity index (χ1v) is 13.6. The van der Waals surface area contributed by atoms with Crippen LogP contribution in [0.1, 0.15) is 20.8 Å². The second kappa shape index (κ2) is 12.2. The predicted octanol–water partition coefficient (Wildman–Crippen LogP) is -0.145. The highest BCUT2D eigenvalue weighted by molar-refractivity contribution is 5.88. The third-order valence-corrected chi connectivity index (χ3v) is 7.41. The van der Waals surface area contributed by atoms with E-state index in [1.807, 2.05) is 0 Å². The first-order chi connectivity index (χ1) is 20.8. The molecule has 3 aromatic rings. The molecule has 3 heterocycles. The topological polar surface area (TPSA) is 235 Å². The highest BCUT2D eigenvalue weighted by atomic mass is 16.7. The number of phenols is 2. The number of carbonyl (C=O) groups is 1. The zero-order chi connectivity index (χ0) is 32.0. The van der Waals surface area contributed by atoms with Gasteiger partial charge in [-0.2, -0.15) is 0 Å². The number of hydrogen-bond donors (Lipinski definition) is 7. The molecule has 2 saturated heterocycles. The minimum Gasteiger partial charge on any atom is -0.508 e. The number of aromatic hydroxyl groups is 2. The molecule has 2 fully saturated rings. The second-order valence-electron chi connectivity index (χ2n) is 10.6. The molecule has 15 nitrogen and oxygen atoms in total. The Balaban J connectivity index is 1.58. The zero-order valence-electron chi connectivity index (χ0n) is 23.6. The van der Waals surface area contributed by atoms with Gasteiger partial charge in [0, 0.05) is 24.6 Å². The van der Waals surface area contributed by atoms with Crippen LogP contribution in [0.25, 0.3) is 22.3 Å². The van der Waals surface area contributed by atoms with Gasteiger partial charge in [0.05, 0.1) is 12.2 Å². The molecular formula is C29H32O15. The molecule has 10 atom stereocenters. The second-order valence-corrected chi connectivity index (χ2v) is 10.6. The predicted molar refractivity (Wildman–Crippen MR) is 147 cm³/mol. The number of fused-ring (bicyclic) bond motifs is 1. The molecule has 2 aliphatic heterocycles. The maximum absolute atomic E-state index is 13.8. The summed E-state index contributed by atoms with van der Waals surface area (Å²) >= 11 is 0. The summed E-state index contributed by atoms with van der Waals surface area (Å²) in [5, 5.41) is 72.0. The van der Waals surface area contributed by atoms with Gasteiger partial charge in [-0.25, -0.2) is 0 Å². The number of ether oxygens (including phenoxy) is 5. The van der Waals surface area contributed by atoms with Crippen molar-refractivity contribution in [3.8, 4) is 34.3 Å². The van der Waals surface area contributed by atoms with Crippen molar-refractivity contribution in [3.05, 3.63) is 46.6 Å². The van der Waals surface area contributed by atoms with Gasteiger partial charge in [0.15, 0.2) is 18.0 Å². The van der Waals surface area contributed by atoms with Crippen LogP contribution in [0, 0.1) is 0 Å². The molecule has 0 amide bonds. The van der Waals surface area contributed by atoms with E-state index in [0.717, 1.165) is 13.0 Å². The maximum Gasteiger partial charge on any atom is 0.303 e.